The summed E-state index contributed by atoms with van der Waals surface area (Å²) >= 11 is 3.39. The van der Waals surface area contributed by atoms with Gasteiger partial charge in [-0.3, -0.25) is 0 Å². The van der Waals surface area contributed by atoms with Crippen LogP contribution in [-0.2, 0) is 11.3 Å². The standard InChI is InChI=1S/C14H20BrNO2/c1-16(11-7-3-6-10-15)14(17)18-12-13-8-4-2-5-9-13/h2,4-5,8-9H,3,6-7,10-12H2,1H3. The average Bonchev–Trinajstić information content (AvgIpc) is 2.42. The molecule has 0 saturated heterocycles. The Hall–Kier alpha value is -1.03. The predicted molar refractivity (Wildman–Crippen MR) is 76.9 cm³/mol. The third kappa shape index (κ3) is 6.05. The molecule has 0 bridgehead atoms. The molecular formula is C14H20BrNO2. The van der Waals surface area contributed by atoms with Crippen molar-refractivity contribution in [1.82, 2.24) is 4.90 Å². The highest BCUT2D eigenvalue weighted by atomic mass is 79.9. The second kappa shape index (κ2) is 8.97. The molecule has 1 rings (SSSR count). The van der Waals surface area contributed by atoms with Crippen molar-refractivity contribution < 1.29 is 9.53 Å². The fraction of sp³-hybridized carbons (Fsp3) is 0.500. The topological polar surface area (TPSA) is 29.5 Å². The normalized spacial score (nSPS) is 10.1. The number of hydrogen-bond donors (Lipinski definition) is 0. The van der Waals surface area contributed by atoms with E-state index in [1.54, 1.807) is 11.9 Å². The van der Waals surface area contributed by atoms with E-state index in [0.717, 1.165) is 36.7 Å². The van der Waals surface area contributed by atoms with Crippen LogP contribution in [0.15, 0.2) is 30.3 Å². The molecular weight excluding hydrogens is 294 g/mol. The molecule has 0 fully saturated rings. The molecule has 0 aliphatic rings. The molecule has 1 amide bonds. The molecule has 0 N–H and O–H groups in total. The number of alkyl halides is 1. The Labute approximate surface area is 117 Å². The summed E-state index contributed by atoms with van der Waals surface area (Å²) < 4.78 is 5.22. The molecule has 0 atom stereocenters. The van der Waals surface area contributed by atoms with Crippen LogP contribution in [0.25, 0.3) is 0 Å². The first-order valence-electron chi connectivity index (χ1n) is 6.22. The zero-order chi connectivity index (χ0) is 13.2. The van der Waals surface area contributed by atoms with Gasteiger partial charge < -0.3 is 9.64 Å². The number of benzene rings is 1. The molecule has 0 aromatic heterocycles. The zero-order valence-corrected chi connectivity index (χ0v) is 12.4. The maximum Gasteiger partial charge on any atom is 0.409 e. The van der Waals surface area contributed by atoms with Crippen molar-refractivity contribution in [3.05, 3.63) is 35.9 Å². The quantitative estimate of drug-likeness (QED) is 0.565. The van der Waals surface area contributed by atoms with Gasteiger partial charge in [-0.1, -0.05) is 52.7 Å². The van der Waals surface area contributed by atoms with E-state index in [9.17, 15) is 4.79 Å². The molecule has 1 aromatic carbocycles. The van der Waals surface area contributed by atoms with Gasteiger partial charge in [0.1, 0.15) is 6.61 Å². The SMILES string of the molecule is CN(CCCCCBr)C(=O)OCc1ccccc1. The van der Waals surface area contributed by atoms with Gasteiger partial charge in [-0.2, -0.15) is 0 Å². The molecule has 3 nitrogen and oxygen atoms in total. The third-order valence-corrected chi connectivity index (χ3v) is 3.20. The second-order valence-corrected chi connectivity index (χ2v) is 5.00. The van der Waals surface area contributed by atoms with Crippen molar-refractivity contribution in [2.75, 3.05) is 18.9 Å². The molecule has 0 saturated carbocycles. The predicted octanol–water partition coefficient (Wildman–Crippen LogP) is 3.82. The highest BCUT2D eigenvalue weighted by Crippen LogP contribution is 2.04. The molecule has 4 heteroatoms. The largest absolute Gasteiger partial charge is 0.445 e. The monoisotopic (exact) mass is 313 g/mol. The van der Waals surface area contributed by atoms with E-state index in [-0.39, 0.29) is 6.09 Å². The van der Waals surface area contributed by atoms with Crippen LogP contribution in [0.1, 0.15) is 24.8 Å². The van der Waals surface area contributed by atoms with Crippen LogP contribution in [-0.4, -0.2) is 29.9 Å². The molecule has 0 unspecified atom stereocenters. The molecule has 100 valence electrons. The fourth-order valence-electron chi connectivity index (χ4n) is 1.54. The smallest absolute Gasteiger partial charge is 0.409 e. The van der Waals surface area contributed by atoms with E-state index in [0.29, 0.717) is 6.61 Å². The summed E-state index contributed by atoms with van der Waals surface area (Å²) in [5.74, 6) is 0. The Bertz CT molecular complexity index is 343. The maximum atomic E-state index is 11.7. The first kappa shape index (κ1) is 15.0. The molecule has 0 radical (unpaired) electrons. The lowest BCUT2D eigenvalue weighted by atomic mass is 10.2. The van der Waals surface area contributed by atoms with Crippen molar-refractivity contribution in [2.45, 2.75) is 25.9 Å². The van der Waals surface area contributed by atoms with Gasteiger partial charge in [-0.15, -0.1) is 0 Å². The Morgan fingerprint density at radius 3 is 2.61 bits per heavy atom. The number of halogens is 1. The highest BCUT2D eigenvalue weighted by molar-refractivity contribution is 9.09. The molecule has 0 heterocycles. The summed E-state index contributed by atoms with van der Waals surface area (Å²) in [5, 5.41) is 1.02. The molecule has 18 heavy (non-hydrogen) atoms. The van der Waals surface area contributed by atoms with E-state index >= 15 is 0 Å². The number of carbonyl (C=O) groups is 1. The van der Waals surface area contributed by atoms with Gasteiger partial charge in [-0.25, -0.2) is 4.79 Å². The van der Waals surface area contributed by atoms with Crippen LogP contribution in [0.2, 0.25) is 0 Å². The Balaban J connectivity index is 2.19. The highest BCUT2D eigenvalue weighted by Gasteiger charge is 2.09. The van der Waals surface area contributed by atoms with E-state index in [1.165, 1.54) is 0 Å². The lowest BCUT2D eigenvalue weighted by Gasteiger charge is -2.16. The Kier molecular flexibility index (Phi) is 7.49. The van der Waals surface area contributed by atoms with Crippen LogP contribution in [0.4, 0.5) is 4.79 Å². The fourth-order valence-corrected chi connectivity index (χ4v) is 1.94. The summed E-state index contributed by atoms with van der Waals surface area (Å²) in [4.78, 5) is 13.3. The Morgan fingerprint density at radius 1 is 1.22 bits per heavy atom. The number of nitrogens with zero attached hydrogens (tertiary/aromatic N) is 1. The number of rotatable bonds is 7. The molecule has 0 spiro atoms. The van der Waals surface area contributed by atoms with Gasteiger partial charge in [0.2, 0.25) is 0 Å². The van der Waals surface area contributed by atoms with Crippen LogP contribution in [0, 0.1) is 0 Å². The molecule has 0 aliphatic carbocycles. The maximum absolute atomic E-state index is 11.7. The third-order valence-electron chi connectivity index (χ3n) is 2.64. The first-order chi connectivity index (χ1) is 8.74. The summed E-state index contributed by atoms with van der Waals surface area (Å²) in [7, 11) is 1.78. The van der Waals surface area contributed by atoms with Crippen molar-refractivity contribution in [3.63, 3.8) is 0 Å². The van der Waals surface area contributed by atoms with Crippen molar-refractivity contribution >= 4 is 22.0 Å². The van der Waals surface area contributed by atoms with Gasteiger partial charge in [0, 0.05) is 18.9 Å². The van der Waals surface area contributed by atoms with Gasteiger partial charge in [0.05, 0.1) is 0 Å². The number of ether oxygens (including phenoxy) is 1. The van der Waals surface area contributed by atoms with Gasteiger partial charge in [-0.05, 0) is 18.4 Å². The number of unbranched alkanes of at least 4 members (excludes halogenated alkanes) is 2. The van der Waals surface area contributed by atoms with Gasteiger partial charge >= 0.3 is 6.09 Å². The van der Waals surface area contributed by atoms with Crippen molar-refractivity contribution in [3.8, 4) is 0 Å². The molecule has 1 aromatic rings. The minimum absolute atomic E-state index is 0.252. The van der Waals surface area contributed by atoms with E-state index < -0.39 is 0 Å². The lowest BCUT2D eigenvalue weighted by Crippen LogP contribution is -2.28. The number of hydrogen-bond acceptors (Lipinski definition) is 2. The summed E-state index contributed by atoms with van der Waals surface area (Å²) in [6.07, 6.45) is 3.04. The van der Waals surface area contributed by atoms with Crippen LogP contribution in [0.3, 0.4) is 0 Å². The summed E-state index contributed by atoms with van der Waals surface area (Å²) in [6, 6.07) is 9.72. The second-order valence-electron chi connectivity index (χ2n) is 4.21. The van der Waals surface area contributed by atoms with E-state index in [4.69, 9.17) is 4.74 Å². The summed E-state index contributed by atoms with van der Waals surface area (Å²) in [5.41, 5.74) is 1.01. The van der Waals surface area contributed by atoms with Crippen LogP contribution < -0.4 is 0 Å². The van der Waals surface area contributed by atoms with Crippen LogP contribution >= 0.6 is 15.9 Å². The van der Waals surface area contributed by atoms with Crippen LogP contribution in [0.5, 0.6) is 0 Å². The van der Waals surface area contributed by atoms with E-state index in [1.807, 2.05) is 30.3 Å². The van der Waals surface area contributed by atoms with Gasteiger partial charge in [0.25, 0.3) is 0 Å². The Morgan fingerprint density at radius 2 is 1.94 bits per heavy atom. The van der Waals surface area contributed by atoms with Crippen molar-refractivity contribution in [1.29, 1.82) is 0 Å². The molecule has 0 aliphatic heterocycles. The van der Waals surface area contributed by atoms with E-state index in [2.05, 4.69) is 15.9 Å². The van der Waals surface area contributed by atoms with Gasteiger partial charge in [0.15, 0.2) is 0 Å². The van der Waals surface area contributed by atoms with Crippen molar-refractivity contribution in [2.24, 2.45) is 0 Å². The lowest BCUT2D eigenvalue weighted by molar-refractivity contribution is 0.104. The minimum atomic E-state index is -0.252. The minimum Gasteiger partial charge on any atom is -0.445 e. The number of carbonyl (C=O) groups excluding carboxylic acids is 1. The number of amides is 1. The zero-order valence-electron chi connectivity index (χ0n) is 10.8. The average molecular weight is 314 g/mol. The summed E-state index contributed by atoms with van der Waals surface area (Å²) in [6.45, 7) is 1.09. The first-order valence-corrected chi connectivity index (χ1v) is 7.34.